The van der Waals surface area contributed by atoms with Gasteiger partial charge in [0.1, 0.15) is 5.75 Å². The lowest BCUT2D eigenvalue weighted by Crippen LogP contribution is -2.40. The predicted molar refractivity (Wildman–Crippen MR) is 104 cm³/mol. The van der Waals surface area contributed by atoms with Crippen LogP contribution in [0.4, 0.5) is 11.4 Å². The van der Waals surface area contributed by atoms with Crippen LogP contribution in [0.3, 0.4) is 0 Å². The minimum Gasteiger partial charge on any atom is -0.496 e. The van der Waals surface area contributed by atoms with E-state index in [0.29, 0.717) is 0 Å². The minimum absolute atomic E-state index is 0.0220. The Labute approximate surface area is 162 Å². The van der Waals surface area contributed by atoms with Gasteiger partial charge in [-0.25, -0.2) is 13.1 Å². The van der Waals surface area contributed by atoms with Crippen LogP contribution in [0.25, 0.3) is 0 Å². The zero-order chi connectivity index (χ0) is 21.1. The Hall–Kier alpha value is -2.98. The van der Waals surface area contributed by atoms with E-state index in [4.69, 9.17) is 4.74 Å². The van der Waals surface area contributed by atoms with Gasteiger partial charge in [0.25, 0.3) is 11.6 Å². The third kappa shape index (κ3) is 5.27. The zero-order valence-corrected chi connectivity index (χ0v) is 16.7. The molecule has 0 aromatic heterocycles. The number of amides is 1. The van der Waals surface area contributed by atoms with Crippen molar-refractivity contribution in [1.82, 2.24) is 4.72 Å². The van der Waals surface area contributed by atoms with Crippen LogP contribution in [-0.4, -0.2) is 31.9 Å². The average Bonchev–Trinajstić information content (AvgIpc) is 2.59. The monoisotopic (exact) mass is 407 g/mol. The van der Waals surface area contributed by atoms with Crippen molar-refractivity contribution >= 4 is 27.3 Å². The molecule has 0 aliphatic heterocycles. The molecule has 9 nitrogen and oxygen atoms in total. The molecule has 2 aromatic rings. The van der Waals surface area contributed by atoms with Crippen molar-refractivity contribution in [2.75, 3.05) is 12.4 Å². The number of ether oxygens (including phenoxy) is 1. The van der Waals surface area contributed by atoms with E-state index in [0.717, 1.165) is 6.07 Å². The molecule has 0 saturated carbocycles. The quantitative estimate of drug-likeness (QED) is 0.560. The molecule has 2 rings (SSSR count). The van der Waals surface area contributed by atoms with Crippen molar-refractivity contribution in [3.63, 3.8) is 0 Å². The maximum Gasteiger partial charge on any atom is 0.270 e. The summed E-state index contributed by atoms with van der Waals surface area (Å²) in [7, 11) is -2.45. The van der Waals surface area contributed by atoms with Gasteiger partial charge in [0.15, 0.2) is 0 Å². The molecule has 0 bridgehead atoms. The molecule has 10 heteroatoms. The van der Waals surface area contributed by atoms with Crippen molar-refractivity contribution < 1.29 is 22.9 Å². The number of carbonyl (C=O) groups is 1. The lowest BCUT2D eigenvalue weighted by atomic mass is 10.1. The van der Waals surface area contributed by atoms with Crippen molar-refractivity contribution in [2.45, 2.75) is 31.2 Å². The Morgan fingerprint density at radius 1 is 1.14 bits per heavy atom. The molecule has 0 atom stereocenters. The van der Waals surface area contributed by atoms with E-state index >= 15 is 0 Å². The number of nitrogens with zero attached hydrogens (tertiary/aromatic N) is 1. The van der Waals surface area contributed by atoms with Gasteiger partial charge in [-0.1, -0.05) is 6.07 Å². The number of nitro benzene ring substituents is 1. The van der Waals surface area contributed by atoms with Crippen LogP contribution in [0.1, 0.15) is 31.1 Å². The highest BCUT2D eigenvalue weighted by atomic mass is 32.2. The molecular formula is C18H21N3O6S. The third-order valence-electron chi connectivity index (χ3n) is 3.48. The van der Waals surface area contributed by atoms with Gasteiger partial charge in [0.05, 0.1) is 22.5 Å². The lowest BCUT2D eigenvalue weighted by Gasteiger charge is -2.20. The fourth-order valence-electron chi connectivity index (χ4n) is 2.39. The van der Waals surface area contributed by atoms with Gasteiger partial charge in [-0.05, 0) is 45.0 Å². The maximum atomic E-state index is 12.6. The summed E-state index contributed by atoms with van der Waals surface area (Å²) in [6.07, 6.45) is 0. The van der Waals surface area contributed by atoms with Gasteiger partial charge >= 0.3 is 0 Å². The molecule has 28 heavy (non-hydrogen) atoms. The van der Waals surface area contributed by atoms with Crippen LogP contribution in [0.15, 0.2) is 47.4 Å². The Morgan fingerprint density at radius 2 is 1.82 bits per heavy atom. The van der Waals surface area contributed by atoms with Crippen LogP contribution in [0, 0.1) is 10.1 Å². The standard InChI is InChI=1S/C18H21N3O6S/c1-18(2,3)20-28(25,26)14-7-5-6-12(10-14)19-17(22)15-11-13(21(23)24)8-9-16(15)27-4/h5-11,20H,1-4H3,(H,19,22). The van der Waals surface area contributed by atoms with E-state index in [1.54, 1.807) is 20.8 Å². The van der Waals surface area contributed by atoms with Crippen LogP contribution in [0.2, 0.25) is 0 Å². The van der Waals surface area contributed by atoms with E-state index in [2.05, 4.69) is 10.0 Å². The Kier molecular flexibility index (Phi) is 6.05. The molecule has 0 heterocycles. The largest absolute Gasteiger partial charge is 0.496 e. The minimum atomic E-state index is -3.79. The predicted octanol–water partition coefficient (Wildman–Crippen LogP) is 2.93. The van der Waals surface area contributed by atoms with Crippen LogP contribution < -0.4 is 14.8 Å². The van der Waals surface area contributed by atoms with Crippen molar-refractivity contribution in [2.24, 2.45) is 0 Å². The van der Waals surface area contributed by atoms with Gasteiger partial charge in [0.2, 0.25) is 10.0 Å². The first kappa shape index (κ1) is 21.3. The summed E-state index contributed by atoms with van der Waals surface area (Å²) in [6, 6.07) is 9.33. The summed E-state index contributed by atoms with van der Waals surface area (Å²) >= 11 is 0. The first-order valence-electron chi connectivity index (χ1n) is 8.21. The van der Waals surface area contributed by atoms with Gasteiger partial charge < -0.3 is 10.1 Å². The van der Waals surface area contributed by atoms with E-state index in [-0.39, 0.29) is 27.6 Å². The molecule has 150 valence electrons. The van der Waals surface area contributed by atoms with Crippen LogP contribution in [0.5, 0.6) is 5.75 Å². The number of non-ortho nitro benzene ring substituents is 1. The summed E-state index contributed by atoms with van der Waals surface area (Å²) in [5, 5.41) is 13.5. The Morgan fingerprint density at radius 3 is 2.39 bits per heavy atom. The summed E-state index contributed by atoms with van der Waals surface area (Å²) in [5.74, 6) is -0.514. The van der Waals surface area contributed by atoms with Gasteiger partial charge in [0, 0.05) is 23.4 Å². The zero-order valence-electron chi connectivity index (χ0n) is 15.8. The number of hydrogen-bond acceptors (Lipinski definition) is 6. The molecule has 1 amide bonds. The van der Waals surface area contributed by atoms with Gasteiger partial charge in [-0.15, -0.1) is 0 Å². The molecular weight excluding hydrogens is 386 g/mol. The summed E-state index contributed by atoms with van der Waals surface area (Å²) < 4.78 is 32.5. The summed E-state index contributed by atoms with van der Waals surface area (Å²) in [4.78, 5) is 22.9. The molecule has 0 radical (unpaired) electrons. The molecule has 0 saturated heterocycles. The fraction of sp³-hybridized carbons (Fsp3) is 0.278. The fourth-order valence-corrected chi connectivity index (χ4v) is 3.85. The molecule has 2 N–H and O–H groups in total. The third-order valence-corrected chi connectivity index (χ3v) is 5.24. The van der Waals surface area contributed by atoms with Crippen LogP contribution in [-0.2, 0) is 10.0 Å². The van der Waals surface area contributed by atoms with Crippen molar-refractivity contribution in [3.8, 4) is 5.75 Å². The second-order valence-corrected chi connectivity index (χ2v) is 8.66. The smallest absolute Gasteiger partial charge is 0.270 e. The number of nitro groups is 1. The normalized spacial score (nSPS) is 11.7. The number of anilines is 1. The van der Waals surface area contributed by atoms with Crippen LogP contribution >= 0.6 is 0 Å². The number of benzene rings is 2. The highest BCUT2D eigenvalue weighted by molar-refractivity contribution is 7.89. The van der Waals surface area contributed by atoms with Crippen molar-refractivity contribution in [3.05, 3.63) is 58.1 Å². The SMILES string of the molecule is COc1ccc([N+](=O)[O-])cc1C(=O)Nc1cccc(S(=O)(=O)NC(C)(C)C)c1. The lowest BCUT2D eigenvalue weighted by molar-refractivity contribution is -0.384. The number of nitrogens with one attached hydrogen (secondary N) is 2. The molecule has 0 aliphatic rings. The summed E-state index contributed by atoms with van der Waals surface area (Å²) in [5.41, 5.74) is -0.765. The Balaban J connectivity index is 2.33. The van der Waals surface area contributed by atoms with E-state index in [1.807, 2.05) is 0 Å². The molecule has 0 spiro atoms. The number of methoxy groups -OCH3 is 1. The van der Waals surface area contributed by atoms with E-state index < -0.39 is 26.4 Å². The molecule has 0 aliphatic carbocycles. The maximum absolute atomic E-state index is 12.6. The summed E-state index contributed by atoms with van der Waals surface area (Å²) in [6.45, 7) is 5.14. The molecule has 0 fully saturated rings. The first-order valence-corrected chi connectivity index (χ1v) is 9.69. The second kappa shape index (κ2) is 7.95. The Bertz CT molecular complexity index is 1010. The molecule has 0 unspecified atom stereocenters. The highest BCUT2D eigenvalue weighted by Gasteiger charge is 2.23. The van der Waals surface area contributed by atoms with Crippen molar-refractivity contribution in [1.29, 1.82) is 0 Å². The van der Waals surface area contributed by atoms with E-state index in [1.165, 1.54) is 43.5 Å². The number of sulfonamides is 1. The van der Waals surface area contributed by atoms with Gasteiger partial charge in [-0.3, -0.25) is 14.9 Å². The molecule has 2 aromatic carbocycles. The average molecular weight is 407 g/mol. The number of rotatable bonds is 6. The first-order chi connectivity index (χ1) is 12.9. The second-order valence-electron chi connectivity index (χ2n) is 6.98. The topological polar surface area (TPSA) is 128 Å². The van der Waals surface area contributed by atoms with E-state index in [9.17, 15) is 23.3 Å². The number of hydrogen-bond donors (Lipinski definition) is 2. The number of carbonyl (C=O) groups excluding carboxylic acids is 1. The highest BCUT2D eigenvalue weighted by Crippen LogP contribution is 2.25. The van der Waals surface area contributed by atoms with Gasteiger partial charge in [-0.2, -0.15) is 0 Å².